The van der Waals surface area contributed by atoms with Gasteiger partial charge in [-0.2, -0.15) is 0 Å². The van der Waals surface area contributed by atoms with Crippen LogP contribution >= 0.6 is 0 Å². The lowest BCUT2D eigenvalue weighted by Gasteiger charge is -2.22. The van der Waals surface area contributed by atoms with E-state index in [0.29, 0.717) is 37.3 Å². The van der Waals surface area contributed by atoms with Crippen LogP contribution in [0.3, 0.4) is 0 Å². The predicted octanol–water partition coefficient (Wildman–Crippen LogP) is 1.35. The van der Waals surface area contributed by atoms with Gasteiger partial charge in [0.25, 0.3) is 5.91 Å². The van der Waals surface area contributed by atoms with Gasteiger partial charge in [0.15, 0.2) is 0 Å². The Labute approximate surface area is 119 Å². The van der Waals surface area contributed by atoms with Crippen molar-refractivity contribution in [1.82, 2.24) is 9.80 Å². The molecular weight excluding hydrogens is 254 g/mol. The molecule has 0 aliphatic carbocycles. The summed E-state index contributed by atoms with van der Waals surface area (Å²) in [5, 5.41) is 0. The molecule has 0 atom stereocenters. The van der Waals surface area contributed by atoms with E-state index in [1.54, 1.807) is 24.3 Å². The molecule has 20 heavy (non-hydrogen) atoms. The van der Waals surface area contributed by atoms with Crippen molar-refractivity contribution in [2.45, 2.75) is 19.8 Å². The van der Waals surface area contributed by atoms with Gasteiger partial charge < -0.3 is 15.5 Å². The molecular formula is C15H21N3O2. The van der Waals surface area contributed by atoms with Gasteiger partial charge in [-0.25, -0.2) is 0 Å². The summed E-state index contributed by atoms with van der Waals surface area (Å²) in [5.41, 5.74) is 6.93. The zero-order valence-corrected chi connectivity index (χ0v) is 11.8. The van der Waals surface area contributed by atoms with Crippen molar-refractivity contribution in [2.24, 2.45) is 0 Å². The SMILES string of the molecule is CCC(=O)N1CCCN(C(=O)c2ccc(N)cc2)CC1. The molecule has 1 aliphatic rings. The van der Waals surface area contributed by atoms with Crippen LogP contribution in [0.4, 0.5) is 5.69 Å². The molecule has 0 radical (unpaired) electrons. The summed E-state index contributed by atoms with van der Waals surface area (Å²) in [7, 11) is 0. The quantitative estimate of drug-likeness (QED) is 0.829. The fourth-order valence-electron chi connectivity index (χ4n) is 2.40. The Balaban J connectivity index is 2.01. The van der Waals surface area contributed by atoms with E-state index in [2.05, 4.69) is 0 Å². The fourth-order valence-corrected chi connectivity index (χ4v) is 2.40. The summed E-state index contributed by atoms with van der Waals surface area (Å²) in [4.78, 5) is 27.8. The highest BCUT2D eigenvalue weighted by Gasteiger charge is 2.21. The van der Waals surface area contributed by atoms with E-state index in [1.165, 1.54) is 0 Å². The number of carbonyl (C=O) groups excluding carboxylic acids is 2. The topological polar surface area (TPSA) is 66.6 Å². The molecule has 1 saturated heterocycles. The minimum atomic E-state index is 0.01000. The fraction of sp³-hybridized carbons (Fsp3) is 0.467. The average Bonchev–Trinajstić information content (AvgIpc) is 2.72. The number of amides is 2. The molecule has 5 heteroatoms. The van der Waals surface area contributed by atoms with Crippen molar-refractivity contribution in [2.75, 3.05) is 31.9 Å². The van der Waals surface area contributed by atoms with Gasteiger partial charge in [-0.1, -0.05) is 6.92 Å². The standard InChI is InChI=1S/C15H21N3O2/c1-2-14(19)17-8-3-9-18(11-10-17)15(20)12-4-6-13(16)7-5-12/h4-7H,2-3,8-11,16H2,1H3. The molecule has 0 spiro atoms. The normalized spacial score (nSPS) is 15.8. The smallest absolute Gasteiger partial charge is 0.253 e. The van der Waals surface area contributed by atoms with Crippen molar-refractivity contribution >= 4 is 17.5 Å². The lowest BCUT2D eigenvalue weighted by molar-refractivity contribution is -0.130. The second-order valence-electron chi connectivity index (χ2n) is 5.00. The summed E-state index contributed by atoms with van der Waals surface area (Å²) in [5.74, 6) is 0.169. The van der Waals surface area contributed by atoms with Crippen LogP contribution in [0.2, 0.25) is 0 Å². The zero-order valence-electron chi connectivity index (χ0n) is 11.8. The monoisotopic (exact) mass is 275 g/mol. The molecule has 0 unspecified atom stereocenters. The highest BCUT2D eigenvalue weighted by Crippen LogP contribution is 2.12. The number of hydrogen-bond donors (Lipinski definition) is 1. The van der Waals surface area contributed by atoms with Crippen LogP contribution < -0.4 is 5.73 Å². The third-order valence-corrected chi connectivity index (χ3v) is 3.60. The molecule has 1 aromatic carbocycles. The number of benzene rings is 1. The van der Waals surface area contributed by atoms with Crippen LogP contribution in [0.15, 0.2) is 24.3 Å². The third-order valence-electron chi connectivity index (χ3n) is 3.60. The second-order valence-corrected chi connectivity index (χ2v) is 5.00. The molecule has 1 aromatic rings. The van der Waals surface area contributed by atoms with Gasteiger partial charge in [0.2, 0.25) is 5.91 Å². The molecule has 1 aliphatic heterocycles. The van der Waals surface area contributed by atoms with Crippen LogP contribution in [0.5, 0.6) is 0 Å². The highest BCUT2D eigenvalue weighted by molar-refractivity contribution is 5.94. The van der Waals surface area contributed by atoms with Crippen molar-refractivity contribution in [1.29, 1.82) is 0 Å². The van der Waals surface area contributed by atoms with E-state index in [0.717, 1.165) is 13.0 Å². The lowest BCUT2D eigenvalue weighted by Crippen LogP contribution is -2.37. The molecule has 0 bridgehead atoms. The van der Waals surface area contributed by atoms with Crippen molar-refractivity contribution in [3.8, 4) is 0 Å². The Hall–Kier alpha value is -2.04. The first-order valence-electron chi connectivity index (χ1n) is 7.04. The Morgan fingerprint density at radius 3 is 2.30 bits per heavy atom. The maximum atomic E-state index is 12.4. The van der Waals surface area contributed by atoms with E-state index < -0.39 is 0 Å². The summed E-state index contributed by atoms with van der Waals surface area (Å²) in [6, 6.07) is 6.96. The van der Waals surface area contributed by atoms with Gasteiger partial charge in [0.1, 0.15) is 0 Å². The van der Waals surface area contributed by atoms with Gasteiger partial charge in [0, 0.05) is 43.9 Å². The minimum Gasteiger partial charge on any atom is -0.399 e. The number of nitrogens with two attached hydrogens (primary N) is 1. The average molecular weight is 275 g/mol. The number of hydrogen-bond acceptors (Lipinski definition) is 3. The maximum absolute atomic E-state index is 12.4. The number of carbonyl (C=O) groups is 2. The van der Waals surface area contributed by atoms with Gasteiger partial charge in [-0.3, -0.25) is 9.59 Å². The van der Waals surface area contributed by atoms with Crippen LogP contribution in [0.1, 0.15) is 30.1 Å². The number of rotatable bonds is 2. The number of nitrogen functional groups attached to an aromatic ring is 1. The van der Waals surface area contributed by atoms with Crippen molar-refractivity contribution < 1.29 is 9.59 Å². The van der Waals surface area contributed by atoms with Gasteiger partial charge >= 0.3 is 0 Å². The maximum Gasteiger partial charge on any atom is 0.253 e. The Bertz CT molecular complexity index is 484. The van der Waals surface area contributed by atoms with E-state index >= 15 is 0 Å². The van der Waals surface area contributed by atoms with Crippen LogP contribution in [-0.2, 0) is 4.79 Å². The second kappa shape index (κ2) is 6.41. The molecule has 5 nitrogen and oxygen atoms in total. The minimum absolute atomic E-state index is 0.01000. The first-order valence-corrected chi connectivity index (χ1v) is 7.04. The van der Waals surface area contributed by atoms with Crippen LogP contribution in [0.25, 0.3) is 0 Å². The van der Waals surface area contributed by atoms with Crippen molar-refractivity contribution in [3.63, 3.8) is 0 Å². The van der Waals surface area contributed by atoms with E-state index in [1.807, 2.05) is 16.7 Å². The molecule has 0 aromatic heterocycles. The van der Waals surface area contributed by atoms with E-state index in [4.69, 9.17) is 5.73 Å². The van der Waals surface area contributed by atoms with Crippen LogP contribution in [-0.4, -0.2) is 47.8 Å². The van der Waals surface area contributed by atoms with E-state index in [9.17, 15) is 9.59 Å². The largest absolute Gasteiger partial charge is 0.399 e. The summed E-state index contributed by atoms with van der Waals surface area (Å²) in [6.45, 7) is 4.50. The Morgan fingerprint density at radius 1 is 1.05 bits per heavy atom. The third kappa shape index (κ3) is 3.29. The van der Waals surface area contributed by atoms with Crippen LogP contribution in [0, 0.1) is 0 Å². The lowest BCUT2D eigenvalue weighted by atomic mass is 10.2. The van der Waals surface area contributed by atoms with E-state index in [-0.39, 0.29) is 11.8 Å². The van der Waals surface area contributed by atoms with Gasteiger partial charge in [0.05, 0.1) is 0 Å². The molecule has 0 saturated carbocycles. The Kier molecular flexibility index (Phi) is 4.61. The number of anilines is 1. The summed E-state index contributed by atoms with van der Waals surface area (Å²) < 4.78 is 0. The molecule has 2 amide bonds. The molecule has 2 rings (SSSR count). The number of nitrogens with zero attached hydrogens (tertiary/aromatic N) is 2. The molecule has 2 N–H and O–H groups in total. The highest BCUT2D eigenvalue weighted by atomic mass is 16.2. The first-order chi connectivity index (χ1) is 9.61. The summed E-state index contributed by atoms with van der Waals surface area (Å²) in [6.07, 6.45) is 1.35. The van der Waals surface area contributed by atoms with Gasteiger partial charge in [-0.05, 0) is 30.7 Å². The Morgan fingerprint density at radius 2 is 1.65 bits per heavy atom. The first kappa shape index (κ1) is 14.4. The zero-order chi connectivity index (χ0) is 14.5. The predicted molar refractivity (Wildman–Crippen MR) is 78.2 cm³/mol. The van der Waals surface area contributed by atoms with Gasteiger partial charge in [-0.15, -0.1) is 0 Å². The molecule has 1 heterocycles. The van der Waals surface area contributed by atoms with Crippen molar-refractivity contribution in [3.05, 3.63) is 29.8 Å². The molecule has 1 fully saturated rings. The molecule has 108 valence electrons. The summed E-state index contributed by atoms with van der Waals surface area (Å²) >= 11 is 0.